The zero-order chi connectivity index (χ0) is 12.5. The topological polar surface area (TPSA) is 24.9 Å². The summed E-state index contributed by atoms with van der Waals surface area (Å²) in [4.78, 5) is 4.38. The minimum absolute atomic E-state index is 0.0163. The first-order chi connectivity index (χ1) is 8.75. The van der Waals surface area contributed by atoms with Gasteiger partial charge in [0.2, 0.25) is 0 Å². The number of aromatic nitrogens is 1. The van der Waals surface area contributed by atoms with Gasteiger partial charge >= 0.3 is 0 Å². The van der Waals surface area contributed by atoms with Crippen LogP contribution in [0.25, 0.3) is 10.6 Å². The number of aryl methyl sites for hydroxylation is 1. The van der Waals surface area contributed by atoms with Gasteiger partial charge in [-0.1, -0.05) is 17.4 Å². The Labute approximate surface area is 108 Å². The van der Waals surface area contributed by atoms with Crippen molar-refractivity contribution in [3.05, 3.63) is 35.5 Å². The molecule has 0 radical (unpaired) electrons. The summed E-state index contributed by atoms with van der Waals surface area (Å²) < 4.78 is 27.4. The molecule has 2 aromatic rings. The number of thiazole rings is 1. The second-order valence-electron chi connectivity index (χ2n) is 4.28. The van der Waals surface area contributed by atoms with Crippen molar-refractivity contribution < 1.29 is 8.78 Å². The second-order valence-corrected chi connectivity index (χ2v) is 5.27. The molecule has 1 aromatic heterocycles. The van der Waals surface area contributed by atoms with E-state index in [-0.39, 0.29) is 5.56 Å². The summed E-state index contributed by atoms with van der Waals surface area (Å²) in [5.41, 5.74) is 0.910. The number of hydrogen-bond donors (Lipinski definition) is 1. The van der Waals surface area contributed by atoms with Crippen LogP contribution in [-0.4, -0.2) is 11.5 Å². The first-order valence-corrected chi connectivity index (χ1v) is 6.75. The normalized spacial score (nSPS) is 14.8. The quantitative estimate of drug-likeness (QED) is 0.848. The Morgan fingerprint density at radius 1 is 1.17 bits per heavy atom. The van der Waals surface area contributed by atoms with Gasteiger partial charge in [-0.25, -0.2) is 13.8 Å². The van der Waals surface area contributed by atoms with E-state index in [1.165, 1.54) is 29.5 Å². The van der Waals surface area contributed by atoms with Crippen LogP contribution in [0.5, 0.6) is 0 Å². The number of benzene rings is 1. The molecule has 18 heavy (non-hydrogen) atoms. The lowest BCUT2D eigenvalue weighted by atomic mass is 10.2. The van der Waals surface area contributed by atoms with E-state index < -0.39 is 11.6 Å². The molecule has 1 aliphatic rings. The summed E-state index contributed by atoms with van der Waals surface area (Å²) in [5, 5.41) is 4.64. The third kappa shape index (κ3) is 1.99. The zero-order valence-corrected chi connectivity index (χ0v) is 10.5. The molecule has 0 atom stereocenters. The number of hydrogen-bond acceptors (Lipinski definition) is 3. The Bertz CT molecular complexity index is 537. The fourth-order valence-electron chi connectivity index (χ4n) is 2.09. The molecular weight excluding hydrogens is 254 g/mol. The maximum atomic E-state index is 13.7. The summed E-state index contributed by atoms with van der Waals surface area (Å²) in [6.07, 6.45) is 3.03. The van der Waals surface area contributed by atoms with Crippen LogP contribution in [0.3, 0.4) is 0 Å². The molecule has 0 spiro atoms. The van der Waals surface area contributed by atoms with Crippen molar-refractivity contribution in [2.75, 3.05) is 11.9 Å². The second kappa shape index (κ2) is 4.65. The molecule has 0 amide bonds. The van der Waals surface area contributed by atoms with E-state index in [2.05, 4.69) is 10.3 Å². The lowest BCUT2D eigenvalue weighted by Crippen LogP contribution is -1.96. The fourth-order valence-corrected chi connectivity index (χ4v) is 3.17. The number of nitrogens with zero attached hydrogens (tertiary/aromatic N) is 1. The van der Waals surface area contributed by atoms with Gasteiger partial charge in [0.1, 0.15) is 21.6 Å². The molecule has 1 N–H and O–H groups in total. The smallest absolute Gasteiger partial charge is 0.136 e. The Morgan fingerprint density at radius 3 is 2.72 bits per heavy atom. The van der Waals surface area contributed by atoms with E-state index in [0.717, 1.165) is 36.5 Å². The van der Waals surface area contributed by atoms with Crippen molar-refractivity contribution in [1.29, 1.82) is 0 Å². The summed E-state index contributed by atoms with van der Waals surface area (Å²) in [6, 6.07) is 3.89. The summed E-state index contributed by atoms with van der Waals surface area (Å²) in [6.45, 7) is 0.897. The van der Waals surface area contributed by atoms with Crippen molar-refractivity contribution in [1.82, 2.24) is 4.98 Å². The Hall–Kier alpha value is -1.49. The summed E-state index contributed by atoms with van der Waals surface area (Å²) in [5.74, 6) is -1.11. The van der Waals surface area contributed by atoms with Gasteiger partial charge in [-0.05, 0) is 31.4 Å². The minimum atomic E-state index is -0.557. The third-order valence-electron chi connectivity index (χ3n) is 3.00. The fraction of sp³-hybridized carbons (Fsp3) is 0.308. The average molecular weight is 266 g/mol. The van der Waals surface area contributed by atoms with Crippen LogP contribution in [0.15, 0.2) is 18.2 Å². The van der Waals surface area contributed by atoms with E-state index in [4.69, 9.17) is 0 Å². The molecule has 0 bridgehead atoms. The van der Waals surface area contributed by atoms with Crippen LogP contribution in [0.1, 0.15) is 18.5 Å². The lowest BCUT2D eigenvalue weighted by Gasteiger charge is -2.00. The lowest BCUT2D eigenvalue weighted by molar-refractivity contribution is 0.589. The first kappa shape index (κ1) is 11.6. The highest BCUT2D eigenvalue weighted by Gasteiger charge is 2.19. The van der Waals surface area contributed by atoms with Crippen LogP contribution >= 0.6 is 11.3 Å². The highest BCUT2D eigenvalue weighted by atomic mass is 32.1. The van der Waals surface area contributed by atoms with Gasteiger partial charge in [0.15, 0.2) is 0 Å². The van der Waals surface area contributed by atoms with Crippen LogP contribution < -0.4 is 5.32 Å². The van der Waals surface area contributed by atoms with Crippen molar-refractivity contribution in [3.8, 4) is 10.6 Å². The first-order valence-electron chi connectivity index (χ1n) is 5.93. The molecule has 0 saturated heterocycles. The molecule has 1 aromatic carbocycles. The molecule has 2 nitrogen and oxygen atoms in total. The SMILES string of the molecule is Fc1cccc(F)c1-c1nc2c(s1)NCCCC2. The molecule has 5 heteroatoms. The van der Waals surface area contributed by atoms with Gasteiger partial charge in [-0.15, -0.1) is 0 Å². The number of anilines is 1. The maximum absolute atomic E-state index is 13.7. The highest BCUT2D eigenvalue weighted by molar-refractivity contribution is 7.19. The van der Waals surface area contributed by atoms with Crippen molar-refractivity contribution in [2.24, 2.45) is 0 Å². The number of rotatable bonds is 1. The van der Waals surface area contributed by atoms with E-state index in [0.29, 0.717) is 5.01 Å². The predicted molar refractivity (Wildman–Crippen MR) is 68.9 cm³/mol. The van der Waals surface area contributed by atoms with Gasteiger partial charge in [0.25, 0.3) is 0 Å². The molecule has 0 saturated carbocycles. The van der Waals surface area contributed by atoms with E-state index in [1.807, 2.05) is 0 Å². The number of nitrogens with one attached hydrogen (secondary N) is 1. The van der Waals surface area contributed by atoms with Crippen LogP contribution in [0.2, 0.25) is 0 Å². The molecule has 94 valence electrons. The third-order valence-corrected chi connectivity index (χ3v) is 4.07. The predicted octanol–water partition coefficient (Wildman–Crippen LogP) is 3.84. The average Bonchev–Trinajstić information content (AvgIpc) is 2.60. The molecule has 2 heterocycles. The number of fused-ring (bicyclic) bond motifs is 1. The summed E-state index contributed by atoms with van der Waals surface area (Å²) in [7, 11) is 0. The van der Waals surface area contributed by atoms with Crippen molar-refractivity contribution in [3.63, 3.8) is 0 Å². The van der Waals surface area contributed by atoms with E-state index >= 15 is 0 Å². The Kier molecular flexibility index (Phi) is 2.99. The van der Waals surface area contributed by atoms with E-state index in [1.54, 1.807) is 0 Å². The maximum Gasteiger partial charge on any atom is 0.136 e. The van der Waals surface area contributed by atoms with Gasteiger partial charge in [0, 0.05) is 6.54 Å². The molecule has 0 fully saturated rings. The zero-order valence-electron chi connectivity index (χ0n) is 9.67. The largest absolute Gasteiger partial charge is 0.375 e. The number of halogens is 2. The van der Waals surface area contributed by atoms with Gasteiger partial charge in [-0.2, -0.15) is 0 Å². The Morgan fingerprint density at radius 2 is 1.94 bits per heavy atom. The van der Waals surface area contributed by atoms with Gasteiger partial charge < -0.3 is 5.32 Å². The van der Waals surface area contributed by atoms with Gasteiger partial charge in [0.05, 0.1) is 11.3 Å². The van der Waals surface area contributed by atoms with Crippen LogP contribution in [0, 0.1) is 11.6 Å². The molecular formula is C13H12F2N2S. The molecule has 0 aliphatic carbocycles. The van der Waals surface area contributed by atoms with Crippen LogP contribution in [0.4, 0.5) is 13.8 Å². The Balaban J connectivity index is 2.08. The molecule has 1 aliphatic heterocycles. The minimum Gasteiger partial charge on any atom is -0.375 e. The monoisotopic (exact) mass is 266 g/mol. The summed E-state index contributed by atoms with van der Waals surface area (Å²) >= 11 is 1.33. The highest BCUT2D eigenvalue weighted by Crippen LogP contribution is 2.36. The van der Waals surface area contributed by atoms with Crippen LogP contribution in [-0.2, 0) is 6.42 Å². The standard InChI is InChI=1S/C13H12F2N2S/c14-8-4-3-5-9(15)11(8)13-17-10-6-1-2-7-16-12(10)18-13/h3-5,16H,1-2,6-7H2. The molecule has 3 rings (SSSR count). The molecule has 0 unspecified atom stereocenters. The van der Waals surface area contributed by atoms with E-state index in [9.17, 15) is 8.78 Å². The van der Waals surface area contributed by atoms with Crippen molar-refractivity contribution in [2.45, 2.75) is 19.3 Å². The van der Waals surface area contributed by atoms with Crippen molar-refractivity contribution >= 4 is 16.3 Å². The van der Waals surface area contributed by atoms with Gasteiger partial charge in [-0.3, -0.25) is 0 Å².